The Hall–Kier alpha value is 0. The van der Waals surface area contributed by atoms with Crippen molar-refractivity contribution in [1.29, 1.82) is 0 Å². The smallest absolute Gasteiger partial charge is 0.0292 e. The molecule has 0 heterocycles. The van der Waals surface area contributed by atoms with Crippen LogP contribution in [-0.2, 0) is 0 Å². The minimum Gasteiger partial charge on any atom is -0.0617 e. The van der Waals surface area contributed by atoms with Crippen LogP contribution in [-0.4, -0.2) is 0 Å². The standard InChI is InChI=1S/C13H22/c1-9-12-4-3-10-5-11(6-12)8-13(9,2)7-10/h9-12H,3-8H2,1-2H3. The molecule has 0 heteroatoms. The maximum Gasteiger partial charge on any atom is -0.0292 e. The van der Waals surface area contributed by atoms with Crippen molar-refractivity contribution in [3.05, 3.63) is 0 Å². The van der Waals surface area contributed by atoms with Gasteiger partial charge in [-0.1, -0.05) is 20.3 Å². The fraction of sp³-hybridized carbons (Fsp3) is 1.00. The summed E-state index contributed by atoms with van der Waals surface area (Å²) in [6.07, 6.45) is 9.38. The lowest BCUT2D eigenvalue weighted by Crippen LogP contribution is -2.41. The van der Waals surface area contributed by atoms with Crippen LogP contribution in [0, 0.1) is 29.1 Å². The number of fused-ring (bicyclic) bond motifs is 1. The van der Waals surface area contributed by atoms with E-state index in [1.54, 1.807) is 38.5 Å². The molecule has 4 aliphatic rings. The SMILES string of the molecule is CC1C2CCC3CC(C2)CC1(C)C3. The van der Waals surface area contributed by atoms with Gasteiger partial charge in [-0.15, -0.1) is 0 Å². The van der Waals surface area contributed by atoms with E-state index in [-0.39, 0.29) is 0 Å². The zero-order valence-electron chi connectivity index (χ0n) is 9.05. The highest BCUT2D eigenvalue weighted by Crippen LogP contribution is 2.60. The molecule has 5 atom stereocenters. The first kappa shape index (κ1) is 8.32. The van der Waals surface area contributed by atoms with Crippen LogP contribution in [0.5, 0.6) is 0 Å². The molecule has 4 rings (SSSR count). The van der Waals surface area contributed by atoms with E-state index in [2.05, 4.69) is 13.8 Å². The van der Waals surface area contributed by atoms with Gasteiger partial charge in [0, 0.05) is 0 Å². The Bertz CT molecular complexity index is 220. The van der Waals surface area contributed by atoms with Crippen molar-refractivity contribution >= 4 is 0 Å². The molecule has 0 aromatic heterocycles. The van der Waals surface area contributed by atoms with Crippen molar-refractivity contribution in [1.82, 2.24) is 0 Å². The van der Waals surface area contributed by atoms with Crippen LogP contribution in [0.2, 0.25) is 0 Å². The van der Waals surface area contributed by atoms with E-state index in [4.69, 9.17) is 0 Å². The van der Waals surface area contributed by atoms with E-state index >= 15 is 0 Å². The summed E-state index contributed by atoms with van der Waals surface area (Å²) >= 11 is 0. The van der Waals surface area contributed by atoms with Crippen LogP contribution < -0.4 is 0 Å². The van der Waals surface area contributed by atoms with Crippen molar-refractivity contribution in [2.24, 2.45) is 29.1 Å². The molecule has 4 bridgehead atoms. The van der Waals surface area contributed by atoms with Gasteiger partial charge >= 0.3 is 0 Å². The number of hydrogen-bond donors (Lipinski definition) is 0. The minimum absolute atomic E-state index is 0.743. The first-order valence-corrected chi connectivity index (χ1v) is 6.17. The first-order chi connectivity index (χ1) is 6.17. The van der Waals surface area contributed by atoms with Crippen molar-refractivity contribution in [2.75, 3.05) is 0 Å². The predicted octanol–water partition coefficient (Wildman–Crippen LogP) is 3.86. The Kier molecular flexibility index (Phi) is 1.61. The summed E-state index contributed by atoms with van der Waals surface area (Å²) in [6, 6.07) is 0. The van der Waals surface area contributed by atoms with E-state index in [0.717, 1.165) is 29.1 Å². The molecule has 0 aliphatic heterocycles. The van der Waals surface area contributed by atoms with Crippen molar-refractivity contribution in [3.8, 4) is 0 Å². The lowest BCUT2D eigenvalue weighted by molar-refractivity contribution is -0.00570. The largest absolute Gasteiger partial charge is 0.0617 e. The summed E-state index contributed by atoms with van der Waals surface area (Å²) in [6.45, 7) is 5.11. The monoisotopic (exact) mass is 178 g/mol. The molecular weight excluding hydrogens is 156 g/mol. The van der Waals surface area contributed by atoms with E-state index in [0.29, 0.717) is 0 Å². The Labute approximate surface area is 82.1 Å². The normalized spacial score (nSPS) is 59.5. The second kappa shape index (κ2) is 2.52. The average molecular weight is 178 g/mol. The Morgan fingerprint density at radius 3 is 2.62 bits per heavy atom. The van der Waals surface area contributed by atoms with Gasteiger partial charge in [0.1, 0.15) is 0 Å². The zero-order valence-corrected chi connectivity index (χ0v) is 9.05. The summed E-state index contributed by atoms with van der Waals surface area (Å²) in [5, 5.41) is 0. The summed E-state index contributed by atoms with van der Waals surface area (Å²) in [5.74, 6) is 4.34. The molecule has 4 fully saturated rings. The topological polar surface area (TPSA) is 0 Å². The molecule has 13 heavy (non-hydrogen) atoms. The Morgan fingerprint density at radius 1 is 1.00 bits per heavy atom. The van der Waals surface area contributed by atoms with E-state index < -0.39 is 0 Å². The minimum atomic E-state index is 0.743. The fourth-order valence-corrected chi connectivity index (χ4v) is 4.83. The van der Waals surface area contributed by atoms with Crippen LogP contribution in [0.15, 0.2) is 0 Å². The van der Waals surface area contributed by atoms with Gasteiger partial charge in [0.05, 0.1) is 0 Å². The molecular formula is C13H22. The summed E-state index contributed by atoms with van der Waals surface area (Å²) in [5.41, 5.74) is 0.743. The maximum atomic E-state index is 2.58. The number of hydrogen-bond acceptors (Lipinski definition) is 0. The molecule has 0 N–H and O–H groups in total. The van der Waals surface area contributed by atoms with Gasteiger partial charge in [0.15, 0.2) is 0 Å². The van der Waals surface area contributed by atoms with Gasteiger partial charge in [-0.25, -0.2) is 0 Å². The van der Waals surface area contributed by atoms with Gasteiger partial charge in [-0.2, -0.15) is 0 Å². The quantitative estimate of drug-likeness (QED) is 0.528. The molecule has 0 saturated heterocycles. The molecule has 4 aliphatic carbocycles. The first-order valence-electron chi connectivity index (χ1n) is 6.17. The predicted molar refractivity (Wildman–Crippen MR) is 55.4 cm³/mol. The third-order valence-electron chi connectivity index (χ3n) is 5.56. The van der Waals surface area contributed by atoms with E-state index in [1.807, 2.05) is 0 Å². The molecule has 4 saturated carbocycles. The lowest BCUT2D eigenvalue weighted by atomic mass is 9.55. The highest BCUT2D eigenvalue weighted by atomic mass is 14.5. The highest BCUT2D eigenvalue weighted by Gasteiger charge is 2.49. The molecule has 0 aromatic rings. The van der Waals surface area contributed by atoms with Crippen LogP contribution in [0.1, 0.15) is 52.4 Å². The van der Waals surface area contributed by atoms with Crippen LogP contribution in [0.25, 0.3) is 0 Å². The van der Waals surface area contributed by atoms with Crippen molar-refractivity contribution in [2.45, 2.75) is 52.4 Å². The third kappa shape index (κ3) is 1.10. The van der Waals surface area contributed by atoms with Gasteiger partial charge in [-0.3, -0.25) is 0 Å². The second-order valence-electron chi connectivity index (χ2n) is 6.39. The Balaban J connectivity index is 1.99. The molecule has 5 unspecified atom stereocenters. The van der Waals surface area contributed by atoms with E-state index in [9.17, 15) is 0 Å². The molecule has 0 amide bonds. The van der Waals surface area contributed by atoms with Crippen LogP contribution >= 0.6 is 0 Å². The van der Waals surface area contributed by atoms with Crippen molar-refractivity contribution < 1.29 is 0 Å². The van der Waals surface area contributed by atoms with Crippen LogP contribution in [0.4, 0.5) is 0 Å². The molecule has 0 spiro atoms. The highest BCUT2D eigenvalue weighted by molar-refractivity contribution is 5.00. The lowest BCUT2D eigenvalue weighted by Gasteiger charge is -2.50. The maximum absolute atomic E-state index is 2.58. The van der Waals surface area contributed by atoms with Gasteiger partial charge < -0.3 is 0 Å². The molecule has 0 nitrogen and oxygen atoms in total. The molecule has 74 valence electrons. The third-order valence-corrected chi connectivity index (χ3v) is 5.56. The van der Waals surface area contributed by atoms with E-state index in [1.165, 1.54) is 0 Å². The van der Waals surface area contributed by atoms with Crippen LogP contribution in [0.3, 0.4) is 0 Å². The second-order valence-corrected chi connectivity index (χ2v) is 6.39. The van der Waals surface area contributed by atoms with Gasteiger partial charge in [-0.05, 0) is 61.2 Å². The number of rotatable bonds is 0. The summed E-state index contributed by atoms with van der Waals surface area (Å²) < 4.78 is 0. The summed E-state index contributed by atoms with van der Waals surface area (Å²) in [7, 11) is 0. The van der Waals surface area contributed by atoms with Gasteiger partial charge in [0.25, 0.3) is 0 Å². The van der Waals surface area contributed by atoms with Crippen molar-refractivity contribution in [3.63, 3.8) is 0 Å². The average Bonchev–Trinajstić information content (AvgIpc) is 2.26. The van der Waals surface area contributed by atoms with Gasteiger partial charge in [0.2, 0.25) is 0 Å². The molecule has 0 radical (unpaired) electrons. The molecule has 0 aromatic carbocycles. The zero-order chi connectivity index (χ0) is 9.05. The Morgan fingerprint density at radius 2 is 1.77 bits per heavy atom. The fourth-order valence-electron chi connectivity index (χ4n) is 4.83. The summed E-state index contributed by atoms with van der Waals surface area (Å²) in [4.78, 5) is 0.